The van der Waals surface area contributed by atoms with Crippen molar-refractivity contribution in [1.82, 2.24) is 9.97 Å². The zero-order valence-corrected chi connectivity index (χ0v) is 22.3. The number of fused-ring (bicyclic) bond motifs is 5. The van der Waals surface area contributed by atoms with E-state index < -0.39 is 47.3 Å². The number of amides is 4. The van der Waals surface area contributed by atoms with E-state index in [-0.39, 0.29) is 12.8 Å². The molecule has 1 aromatic heterocycles. The normalized spacial score (nSPS) is 24.1. The van der Waals surface area contributed by atoms with Gasteiger partial charge < -0.3 is 0 Å². The van der Waals surface area contributed by atoms with Crippen LogP contribution in [0, 0.1) is 23.7 Å². The van der Waals surface area contributed by atoms with Crippen molar-refractivity contribution in [3.05, 3.63) is 94.2 Å². The van der Waals surface area contributed by atoms with Crippen LogP contribution in [0.25, 0.3) is 11.0 Å². The van der Waals surface area contributed by atoms with Crippen molar-refractivity contribution in [2.75, 3.05) is 9.80 Å². The molecule has 40 heavy (non-hydrogen) atoms. The first-order chi connectivity index (χ1) is 19.3. The lowest BCUT2D eigenvalue weighted by Gasteiger charge is -2.27. The third kappa shape index (κ3) is 3.67. The summed E-state index contributed by atoms with van der Waals surface area (Å²) in [5, 5.41) is 0.620. The molecule has 3 aliphatic rings. The number of rotatable bonds is 2. The van der Waals surface area contributed by atoms with Gasteiger partial charge >= 0.3 is 0 Å². The summed E-state index contributed by atoms with van der Waals surface area (Å²) < 4.78 is 0. The maximum atomic E-state index is 14.0. The highest BCUT2D eigenvalue weighted by Crippen LogP contribution is 2.47. The first-order valence-electron chi connectivity index (χ1n) is 12.8. The van der Waals surface area contributed by atoms with E-state index in [1.54, 1.807) is 72.8 Å². The first-order valence-corrected chi connectivity index (χ1v) is 13.6. The van der Waals surface area contributed by atoms with Crippen molar-refractivity contribution in [2.45, 2.75) is 12.8 Å². The van der Waals surface area contributed by atoms with Gasteiger partial charge in [-0.3, -0.25) is 29.0 Å². The van der Waals surface area contributed by atoms with Crippen LogP contribution < -0.4 is 9.80 Å². The van der Waals surface area contributed by atoms with Gasteiger partial charge in [-0.15, -0.1) is 0 Å². The minimum atomic E-state index is -1.03. The molecule has 2 saturated heterocycles. The Morgan fingerprint density at radius 1 is 0.575 bits per heavy atom. The van der Waals surface area contributed by atoms with E-state index in [0.717, 1.165) is 9.80 Å². The molecule has 7 rings (SSSR count). The Labute approximate surface area is 238 Å². The van der Waals surface area contributed by atoms with E-state index in [0.29, 0.717) is 43.8 Å². The average molecular weight is 571 g/mol. The van der Waals surface area contributed by atoms with Gasteiger partial charge in [-0.1, -0.05) is 59.6 Å². The zero-order chi connectivity index (χ0) is 27.7. The van der Waals surface area contributed by atoms with Crippen molar-refractivity contribution in [2.24, 2.45) is 23.7 Å². The summed E-state index contributed by atoms with van der Waals surface area (Å²) in [6.45, 7) is 0. The summed E-state index contributed by atoms with van der Waals surface area (Å²) in [7, 11) is 0. The molecule has 0 saturated carbocycles. The lowest BCUT2D eigenvalue weighted by molar-refractivity contribution is -0.131. The lowest BCUT2D eigenvalue weighted by atomic mass is 9.72. The van der Waals surface area contributed by atoms with Crippen LogP contribution in [0.4, 0.5) is 11.4 Å². The number of carbonyl (C=O) groups is 4. The molecule has 8 nitrogen and oxygen atoms in total. The molecular formula is C30H20Cl2N4O4. The Morgan fingerprint density at radius 2 is 0.950 bits per heavy atom. The van der Waals surface area contributed by atoms with Crippen LogP contribution in [-0.4, -0.2) is 33.6 Å². The molecule has 1 aliphatic carbocycles. The zero-order valence-electron chi connectivity index (χ0n) is 20.8. The van der Waals surface area contributed by atoms with Gasteiger partial charge in [-0.2, -0.15) is 0 Å². The molecule has 3 heterocycles. The molecule has 0 radical (unpaired) electrons. The van der Waals surface area contributed by atoms with Crippen LogP contribution in [-0.2, 0) is 32.0 Å². The van der Waals surface area contributed by atoms with E-state index >= 15 is 0 Å². The van der Waals surface area contributed by atoms with Crippen LogP contribution >= 0.6 is 23.2 Å². The Balaban J connectivity index is 1.42. The Hall–Kier alpha value is -4.14. The highest BCUT2D eigenvalue weighted by molar-refractivity contribution is 6.42. The number of hydrogen-bond acceptors (Lipinski definition) is 6. The van der Waals surface area contributed by atoms with E-state index in [4.69, 9.17) is 33.2 Å². The van der Waals surface area contributed by atoms with E-state index in [1.165, 1.54) is 0 Å². The minimum absolute atomic E-state index is 0.0904. The summed E-state index contributed by atoms with van der Waals surface area (Å²) in [5.41, 5.74) is 2.80. The van der Waals surface area contributed by atoms with Gasteiger partial charge in [-0.25, -0.2) is 9.97 Å². The van der Waals surface area contributed by atoms with Crippen LogP contribution in [0.3, 0.4) is 0 Å². The molecule has 4 amide bonds. The minimum Gasteiger partial charge on any atom is -0.274 e. The number of benzene rings is 3. The molecule has 0 unspecified atom stereocenters. The predicted molar refractivity (Wildman–Crippen MR) is 149 cm³/mol. The van der Waals surface area contributed by atoms with Gasteiger partial charge in [0.2, 0.25) is 23.6 Å². The number of aromatic nitrogens is 2. The molecule has 10 heteroatoms. The largest absolute Gasteiger partial charge is 0.274 e. The third-order valence-corrected chi connectivity index (χ3v) is 8.78. The van der Waals surface area contributed by atoms with Crippen molar-refractivity contribution >= 4 is 69.2 Å². The fraction of sp³-hybridized carbons (Fsp3) is 0.200. The molecule has 198 valence electrons. The van der Waals surface area contributed by atoms with Gasteiger partial charge in [-0.05, 0) is 36.4 Å². The van der Waals surface area contributed by atoms with E-state index in [9.17, 15) is 19.2 Å². The van der Waals surface area contributed by atoms with Crippen LogP contribution in [0.5, 0.6) is 0 Å². The van der Waals surface area contributed by atoms with Crippen LogP contribution in [0.15, 0.2) is 72.8 Å². The molecule has 3 aromatic carbocycles. The predicted octanol–water partition coefficient (Wildman–Crippen LogP) is 4.65. The number of anilines is 2. The fourth-order valence-electron chi connectivity index (χ4n) is 6.27. The summed E-state index contributed by atoms with van der Waals surface area (Å²) in [5.74, 6) is -5.68. The van der Waals surface area contributed by atoms with Gasteiger partial charge in [0.15, 0.2) is 0 Å². The molecule has 4 aromatic rings. The summed E-state index contributed by atoms with van der Waals surface area (Å²) in [6, 6.07) is 20.5. The maximum absolute atomic E-state index is 14.0. The van der Waals surface area contributed by atoms with E-state index in [2.05, 4.69) is 0 Å². The quantitative estimate of drug-likeness (QED) is 0.325. The van der Waals surface area contributed by atoms with Gasteiger partial charge in [0.25, 0.3) is 0 Å². The van der Waals surface area contributed by atoms with Gasteiger partial charge in [0.05, 0.1) is 67.5 Å². The van der Waals surface area contributed by atoms with Gasteiger partial charge in [0.1, 0.15) is 0 Å². The van der Waals surface area contributed by atoms with Crippen molar-refractivity contribution in [3.8, 4) is 0 Å². The summed E-state index contributed by atoms with van der Waals surface area (Å²) in [6.07, 6.45) is 0.181. The standard InChI is InChI=1S/C30H20Cl2N4O4/c31-19-13-23-24(14-20(19)32)34-22-12-18-26(30(40)36(28(18)38)16-9-5-2-6-10-16)25-17(11-21(22)33-23)27(37)35(29(25)39)15-7-3-1-4-8-15/h1-10,13-14,17-18,25-26H,11-12H2/t17-,18-,25-,26-/m1/s1. The van der Waals surface area contributed by atoms with Crippen LogP contribution in [0.1, 0.15) is 11.4 Å². The van der Waals surface area contributed by atoms with Crippen molar-refractivity contribution in [3.63, 3.8) is 0 Å². The molecular weight excluding hydrogens is 551 g/mol. The number of para-hydroxylation sites is 2. The number of nitrogens with zero attached hydrogens (tertiary/aromatic N) is 4. The maximum Gasteiger partial charge on any atom is 0.238 e. The fourth-order valence-corrected chi connectivity index (χ4v) is 6.58. The molecule has 0 bridgehead atoms. The second kappa shape index (κ2) is 9.21. The topological polar surface area (TPSA) is 101 Å². The van der Waals surface area contributed by atoms with E-state index in [1.807, 2.05) is 0 Å². The molecule has 0 spiro atoms. The summed E-state index contributed by atoms with van der Waals surface area (Å²) in [4.78, 5) is 67.7. The molecule has 4 atom stereocenters. The van der Waals surface area contributed by atoms with Crippen molar-refractivity contribution < 1.29 is 19.2 Å². The van der Waals surface area contributed by atoms with Gasteiger partial charge in [0, 0.05) is 12.8 Å². The smallest absolute Gasteiger partial charge is 0.238 e. The number of halogens is 2. The van der Waals surface area contributed by atoms with Crippen LogP contribution in [0.2, 0.25) is 10.0 Å². The molecule has 2 fully saturated rings. The SMILES string of the molecule is O=C1[C@H]2[C@@H]3C(=O)N(c4ccccc4)C(=O)[C@@H]3Cc3nc4cc(Cl)c(Cl)cc4nc3C[C@H]2C(=O)N1c1ccccc1. The first kappa shape index (κ1) is 24.9. The Morgan fingerprint density at radius 3 is 1.32 bits per heavy atom. The number of carbonyl (C=O) groups excluding carboxylic acids is 4. The third-order valence-electron chi connectivity index (χ3n) is 8.06. The highest BCUT2D eigenvalue weighted by atomic mass is 35.5. The second-order valence-corrected chi connectivity index (χ2v) is 11.1. The number of imide groups is 2. The number of hydrogen-bond donors (Lipinski definition) is 0. The van der Waals surface area contributed by atoms with Crippen molar-refractivity contribution in [1.29, 1.82) is 0 Å². The second-order valence-electron chi connectivity index (χ2n) is 10.2. The summed E-state index contributed by atoms with van der Waals surface area (Å²) >= 11 is 12.5. The average Bonchev–Trinajstić information content (AvgIpc) is 3.31. The Kier molecular flexibility index (Phi) is 5.73. The molecule has 0 N–H and O–H groups in total. The lowest BCUT2D eigenvalue weighted by Crippen LogP contribution is -2.39. The Bertz CT molecular complexity index is 1620. The molecule has 2 aliphatic heterocycles. The monoisotopic (exact) mass is 570 g/mol. The highest BCUT2D eigenvalue weighted by Gasteiger charge is 2.61.